The summed E-state index contributed by atoms with van der Waals surface area (Å²) in [6.07, 6.45) is 6.44. The van der Waals surface area contributed by atoms with E-state index in [0.29, 0.717) is 6.04 Å². The molecule has 150 valence electrons. The summed E-state index contributed by atoms with van der Waals surface area (Å²) >= 11 is 0. The number of anilines is 1. The Balaban J connectivity index is 1.40. The first-order valence-electron chi connectivity index (χ1n) is 10.8. The maximum Gasteiger partial charge on any atom is 0.0731 e. The van der Waals surface area contributed by atoms with E-state index in [9.17, 15) is 0 Å². The maximum atomic E-state index is 6.42. The van der Waals surface area contributed by atoms with Gasteiger partial charge in [0, 0.05) is 44.2 Å². The van der Waals surface area contributed by atoms with Crippen molar-refractivity contribution in [2.45, 2.75) is 57.7 Å². The largest absolute Gasteiger partial charge is 0.375 e. The van der Waals surface area contributed by atoms with Gasteiger partial charge >= 0.3 is 0 Å². The predicted octanol–water partition coefficient (Wildman–Crippen LogP) is 4.43. The molecule has 2 aromatic rings. The molecule has 1 atom stereocenters. The van der Waals surface area contributed by atoms with Crippen molar-refractivity contribution in [1.82, 2.24) is 9.88 Å². The summed E-state index contributed by atoms with van der Waals surface area (Å²) < 4.78 is 6.42. The minimum absolute atomic E-state index is 0.0563. The number of aryl methyl sites for hydroxylation is 1. The first-order valence-corrected chi connectivity index (χ1v) is 10.8. The van der Waals surface area contributed by atoms with Gasteiger partial charge in [0.2, 0.25) is 0 Å². The molecule has 4 heteroatoms. The molecule has 2 aliphatic rings. The number of ether oxygens (including phenoxy) is 1. The Labute approximate surface area is 169 Å². The van der Waals surface area contributed by atoms with E-state index >= 15 is 0 Å². The number of benzene rings is 1. The summed E-state index contributed by atoms with van der Waals surface area (Å²) in [5.74, 6) is 0. The molecule has 28 heavy (non-hydrogen) atoms. The van der Waals surface area contributed by atoms with Gasteiger partial charge in [-0.15, -0.1) is 0 Å². The monoisotopic (exact) mass is 379 g/mol. The van der Waals surface area contributed by atoms with E-state index in [4.69, 9.17) is 4.74 Å². The van der Waals surface area contributed by atoms with E-state index in [1.807, 2.05) is 12.3 Å². The van der Waals surface area contributed by atoms with Crippen LogP contribution in [0.4, 0.5) is 5.69 Å². The Morgan fingerprint density at radius 1 is 1.14 bits per heavy atom. The average molecular weight is 380 g/mol. The van der Waals surface area contributed by atoms with Crippen LogP contribution in [0, 0.1) is 6.92 Å². The van der Waals surface area contributed by atoms with E-state index < -0.39 is 0 Å². The summed E-state index contributed by atoms with van der Waals surface area (Å²) in [5.41, 5.74) is 3.90. The van der Waals surface area contributed by atoms with E-state index in [-0.39, 0.29) is 5.60 Å². The first-order chi connectivity index (χ1) is 13.7. The number of hydrogen-bond donors (Lipinski definition) is 0. The van der Waals surface area contributed by atoms with Gasteiger partial charge in [0.05, 0.1) is 11.3 Å². The van der Waals surface area contributed by atoms with Crippen LogP contribution in [0.1, 0.15) is 43.9 Å². The van der Waals surface area contributed by atoms with E-state index in [2.05, 4.69) is 65.0 Å². The molecule has 0 saturated carbocycles. The number of nitrogens with zero attached hydrogens (tertiary/aromatic N) is 3. The van der Waals surface area contributed by atoms with Crippen molar-refractivity contribution >= 4 is 5.69 Å². The highest BCUT2D eigenvalue weighted by atomic mass is 16.5. The zero-order chi connectivity index (χ0) is 19.4. The van der Waals surface area contributed by atoms with Crippen molar-refractivity contribution < 1.29 is 4.74 Å². The second kappa shape index (κ2) is 8.62. The summed E-state index contributed by atoms with van der Waals surface area (Å²) in [7, 11) is 0. The van der Waals surface area contributed by atoms with Crippen LogP contribution in [0.15, 0.2) is 48.7 Å². The van der Waals surface area contributed by atoms with Crippen molar-refractivity contribution in [2.75, 3.05) is 31.1 Å². The van der Waals surface area contributed by atoms with Crippen molar-refractivity contribution in [3.05, 3.63) is 59.9 Å². The highest BCUT2D eigenvalue weighted by Gasteiger charge is 2.41. The Bertz CT molecular complexity index is 755. The summed E-state index contributed by atoms with van der Waals surface area (Å²) in [6.45, 7) is 9.50. The Morgan fingerprint density at radius 3 is 2.64 bits per heavy atom. The number of aromatic nitrogens is 1. The van der Waals surface area contributed by atoms with Crippen molar-refractivity contribution in [1.29, 1.82) is 0 Å². The van der Waals surface area contributed by atoms with Crippen molar-refractivity contribution in [3.8, 4) is 0 Å². The fourth-order valence-corrected chi connectivity index (χ4v) is 4.85. The molecule has 1 spiro atoms. The molecular formula is C24H33N3O. The molecule has 0 amide bonds. The minimum Gasteiger partial charge on any atom is -0.375 e. The molecule has 2 aliphatic heterocycles. The lowest BCUT2D eigenvalue weighted by Crippen LogP contribution is -2.53. The molecule has 3 heterocycles. The molecular weight excluding hydrogens is 346 g/mol. The average Bonchev–Trinajstić information content (AvgIpc) is 2.74. The van der Waals surface area contributed by atoms with Gasteiger partial charge in [-0.1, -0.05) is 31.2 Å². The van der Waals surface area contributed by atoms with Crippen molar-refractivity contribution in [2.24, 2.45) is 0 Å². The zero-order valence-electron chi connectivity index (χ0n) is 17.3. The van der Waals surface area contributed by atoms with Crippen LogP contribution >= 0.6 is 0 Å². The fraction of sp³-hybridized carbons (Fsp3) is 0.542. The van der Waals surface area contributed by atoms with Gasteiger partial charge in [-0.3, -0.25) is 9.88 Å². The molecule has 1 aromatic carbocycles. The standard InChI is InChI=1S/C24H33N3O/c1-3-26(19-23-20(2)8-7-14-25-23)22-11-17-28-24(18-22)12-15-27(16-13-24)21-9-5-4-6-10-21/h4-10,14,22H,3,11-13,15-19H2,1-2H3. The van der Waals surface area contributed by atoms with Gasteiger partial charge < -0.3 is 9.64 Å². The number of hydrogen-bond acceptors (Lipinski definition) is 4. The maximum absolute atomic E-state index is 6.42. The normalized spacial score (nSPS) is 22.0. The van der Waals surface area contributed by atoms with Crippen LogP contribution in [0.3, 0.4) is 0 Å². The smallest absolute Gasteiger partial charge is 0.0731 e. The Kier molecular flexibility index (Phi) is 5.98. The lowest BCUT2D eigenvalue weighted by molar-refractivity contribution is -0.118. The second-order valence-electron chi connectivity index (χ2n) is 8.33. The quantitative estimate of drug-likeness (QED) is 0.768. The van der Waals surface area contributed by atoms with Crippen LogP contribution in [-0.4, -0.2) is 47.8 Å². The van der Waals surface area contributed by atoms with Crippen molar-refractivity contribution in [3.63, 3.8) is 0 Å². The van der Waals surface area contributed by atoms with Crippen LogP contribution < -0.4 is 4.90 Å². The van der Waals surface area contributed by atoms with Gasteiger partial charge in [0.25, 0.3) is 0 Å². The zero-order valence-corrected chi connectivity index (χ0v) is 17.3. The van der Waals surface area contributed by atoms with E-state index in [1.165, 1.54) is 16.9 Å². The lowest BCUT2D eigenvalue weighted by atomic mass is 9.81. The van der Waals surface area contributed by atoms with Gasteiger partial charge in [-0.05, 0) is 62.9 Å². The molecule has 0 radical (unpaired) electrons. The van der Waals surface area contributed by atoms with E-state index in [0.717, 1.165) is 58.5 Å². The van der Waals surface area contributed by atoms with Crippen LogP contribution in [-0.2, 0) is 11.3 Å². The van der Waals surface area contributed by atoms with Crippen LogP contribution in [0.25, 0.3) is 0 Å². The van der Waals surface area contributed by atoms with Crippen LogP contribution in [0.5, 0.6) is 0 Å². The van der Waals surface area contributed by atoms with Gasteiger partial charge in [0.15, 0.2) is 0 Å². The SMILES string of the molecule is CCN(Cc1ncccc1C)C1CCOC2(CCN(c3ccccc3)CC2)C1. The predicted molar refractivity (Wildman–Crippen MR) is 115 cm³/mol. The topological polar surface area (TPSA) is 28.6 Å². The third-order valence-corrected chi connectivity index (χ3v) is 6.66. The molecule has 4 nitrogen and oxygen atoms in total. The molecule has 0 N–H and O–H groups in total. The molecule has 0 aliphatic carbocycles. The lowest BCUT2D eigenvalue weighted by Gasteiger charge is -2.48. The molecule has 2 fully saturated rings. The highest BCUT2D eigenvalue weighted by molar-refractivity contribution is 5.46. The number of piperidine rings is 1. The molecule has 1 aromatic heterocycles. The number of para-hydroxylation sites is 1. The Morgan fingerprint density at radius 2 is 1.93 bits per heavy atom. The number of rotatable bonds is 5. The fourth-order valence-electron chi connectivity index (χ4n) is 4.85. The van der Waals surface area contributed by atoms with Crippen LogP contribution in [0.2, 0.25) is 0 Å². The molecule has 4 rings (SSSR count). The summed E-state index contributed by atoms with van der Waals surface area (Å²) in [5, 5.41) is 0. The van der Waals surface area contributed by atoms with Gasteiger partial charge in [0.1, 0.15) is 0 Å². The second-order valence-corrected chi connectivity index (χ2v) is 8.33. The molecule has 0 bridgehead atoms. The third-order valence-electron chi connectivity index (χ3n) is 6.66. The number of pyridine rings is 1. The minimum atomic E-state index is 0.0563. The van der Waals surface area contributed by atoms with Gasteiger partial charge in [-0.2, -0.15) is 0 Å². The summed E-state index contributed by atoms with van der Waals surface area (Å²) in [4.78, 5) is 9.75. The molecule has 2 saturated heterocycles. The summed E-state index contributed by atoms with van der Waals surface area (Å²) in [6, 6.07) is 15.6. The third kappa shape index (κ3) is 4.23. The first kappa shape index (κ1) is 19.4. The van der Waals surface area contributed by atoms with E-state index in [1.54, 1.807) is 0 Å². The molecule has 1 unspecified atom stereocenters. The highest BCUT2D eigenvalue weighted by Crippen LogP contribution is 2.38. The van der Waals surface area contributed by atoms with Gasteiger partial charge in [-0.25, -0.2) is 0 Å². The Hall–Kier alpha value is -1.91.